The number of carbonyl (C=O) groups excluding carboxylic acids is 1. The van der Waals surface area contributed by atoms with Crippen LogP contribution in [0.3, 0.4) is 0 Å². The van der Waals surface area contributed by atoms with E-state index in [2.05, 4.69) is 4.90 Å². The maximum absolute atomic E-state index is 13.5. The van der Waals surface area contributed by atoms with E-state index < -0.39 is 10.0 Å². The lowest BCUT2D eigenvalue weighted by molar-refractivity contribution is 0.0986. The summed E-state index contributed by atoms with van der Waals surface area (Å²) in [5.41, 5.74) is 2.43. The van der Waals surface area contributed by atoms with E-state index in [4.69, 9.17) is 4.98 Å². The molecule has 4 rings (SSSR count). The number of carbonyl (C=O) groups is 1. The Morgan fingerprint density at radius 3 is 2.36 bits per heavy atom. The number of aromatic nitrogens is 1. The van der Waals surface area contributed by atoms with Crippen LogP contribution in [0.25, 0.3) is 10.2 Å². The second kappa shape index (κ2) is 9.50. The van der Waals surface area contributed by atoms with Crippen LogP contribution >= 0.6 is 11.3 Å². The standard InChI is InChI=1S/C24H30N4O3S2/c1-17-7-5-8-21-22(17)25-24(32-21)28(16-6-15-26(2)3)23(29)18-9-13-20(14-10-18)33(30,31)27(4)19-11-12-19/h5,7-10,13-14,19H,6,11-12,15-16H2,1-4H3. The highest BCUT2D eigenvalue weighted by molar-refractivity contribution is 7.89. The van der Waals surface area contributed by atoms with Gasteiger partial charge in [-0.2, -0.15) is 4.31 Å². The van der Waals surface area contributed by atoms with Crippen LogP contribution in [0.5, 0.6) is 0 Å². The molecule has 1 heterocycles. The highest BCUT2D eigenvalue weighted by Gasteiger charge is 2.35. The quantitative estimate of drug-likeness (QED) is 0.457. The molecule has 0 aliphatic heterocycles. The van der Waals surface area contributed by atoms with Crippen LogP contribution < -0.4 is 4.90 Å². The van der Waals surface area contributed by atoms with E-state index in [0.29, 0.717) is 17.2 Å². The van der Waals surface area contributed by atoms with Crippen molar-refractivity contribution in [1.82, 2.24) is 14.2 Å². The molecule has 176 valence electrons. The van der Waals surface area contributed by atoms with Gasteiger partial charge < -0.3 is 4.90 Å². The van der Waals surface area contributed by atoms with E-state index in [9.17, 15) is 13.2 Å². The number of fused-ring (bicyclic) bond motifs is 1. The topological polar surface area (TPSA) is 73.8 Å². The zero-order valence-corrected chi connectivity index (χ0v) is 21.1. The lowest BCUT2D eigenvalue weighted by Gasteiger charge is -2.21. The lowest BCUT2D eigenvalue weighted by Crippen LogP contribution is -2.33. The number of anilines is 1. The Bertz CT molecular complexity index is 1250. The number of para-hydroxylation sites is 1. The molecule has 0 N–H and O–H groups in total. The molecule has 7 nitrogen and oxygen atoms in total. The summed E-state index contributed by atoms with van der Waals surface area (Å²) in [6.45, 7) is 3.39. The molecule has 0 unspecified atom stereocenters. The van der Waals surface area contributed by atoms with Crippen LogP contribution in [0.15, 0.2) is 47.4 Å². The summed E-state index contributed by atoms with van der Waals surface area (Å²) in [5, 5.41) is 0.660. The van der Waals surface area contributed by atoms with Crippen molar-refractivity contribution >= 4 is 42.6 Å². The van der Waals surface area contributed by atoms with Gasteiger partial charge in [-0.05, 0) is 82.7 Å². The predicted octanol–water partition coefficient (Wildman–Crippen LogP) is 3.99. The first kappa shape index (κ1) is 23.8. The van der Waals surface area contributed by atoms with Crippen molar-refractivity contribution < 1.29 is 13.2 Å². The third kappa shape index (κ3) is 5.11. The molecule has 1 aliphatic rings. The minimum absolute atomic E-state index is 0.0889. The highest BCUT2D eigenvalue weighted by Crippen LogP contribution is 2.32. The summed E-state index contributed by atoms with van der Waals surface area (Å²) in [4.78, 5) is 22.3. The van der Waals surface area contributed by atoms with E-state index in [1.165, 1.54) is 27.8 Å². The number of hydrogen-bond donors (Lipinski definition) is 0. The van der Waals surface area contributed by atoms with Crippen molar-refractivity contribution in [3.63, 3.8) is 0 Å². The fourth-order valence-corrected chi connectivity index (χ4v) is 6.23. The van der Waals surface area contributed by atoms with E-state index in [-0.39, 0.29) is 16.8 Å². The number of aryl methyl sites for hydroxylation is 1. The van der Waals surface area contributed by atoms with Gasteiger partial charge in [0.05, 0.1) is 15.1 Å². The monoisotopic (exact) mass is 486 g/mol. The van der Waals surface area contributed by atoms with Crippen molar-refractivity contribution in [2.24, 2.45) is 0 Å². The molecule has 1 aromatic heterocycles. The maximum atomic E-state index is 13.5. The fourth-order valence-electron chi connectivity index (χ4n) is 3.75. The van der Waals surface area contributed by atoms with Gasteiger partial charge in [-0.1, -0.05) is 23.5 Å². The third-order valence-electron chi connectivity index (χ3n) is 5.91. The number of thiazole rings is 1. The van der Waals surface area contributed by atoms with Crippen LogP contribution in [0.2, 0.25) is 0 Å². The second-order valence-electron chi connectivity index (χ2n) is 8.81. The highest BCUT2D eigenvalue weighted by atomic mass is 32.2. The van der Waals surface area contributed by atoms with Gasteiger partial charge in [-0.25, -0.2) is 13.4 Å². The van der Waals surface area contributed by atoms with E-state index in [1.807, 2.05) is 39.2 Å². The van der Waals surface area contributed by atoms with E-state index in [1.54, 1.807) is 24.1 Å². The number of nitrogens with zero attached hydrogens (tertiary/aromatic N) is 4. The van der Waals surface area contributed by atoms with Gasteiger partial charge in [-0.3, -0.25) is 9.69 Å². The van der Waals surface area contributed by atoms with Gasteiger partial charge in [-0.15, -0.1) is 0 Å². The largest absolute Gasteiger partial charge is 0.309 e. The SMILES string of the molecule is Cc1cccc2sc(N(CCCN(C)C)C(=O)c3ccc(S(=O)(=O)N(C)C4CC4)cc3)nc12. The summed E-state index contributed by atoms with van der Waals surface area (Å²) in [7, 11) is 2.08. The summed E-state index contributed by atoms with van der Waals surface area (Å²) >= 11 is 1.50. The summed E-state index contributed by atoms with van der Waals surface area (Å²) in [6, 6.07) is 12.4. The maximum Gasteiger partial charge on any atom is 0.260 e. The number of hydrogen-bond acceptors (Lipinski definition) is 6. The Morgan fingerprint density at radius 2 is 1.76 bits per heavy atom. The summed E-state index contributed by atoms with van der Waals surface area (Å²) in [6.07, 6.45) is 2.60. The number of rotatable bonds is 9. The number of amides is 1. The first-order valence-corrected chi connectivity index (χ1v) is 13.3. The zero-order chi connectivity index (χ0) is 23.8. The second-order valence-corrected chi connectivity index (χ2v) is 11.8. The molecule has 0 saturated heterocycles. The minimum Gasteiger partial charge on any atom is -0.309 e. The van der Waals surface area contributed by atoms with Gasteiger partial charge in [0.1, 0.15) is 0 Å². The van der Waals surface area contributed by atoms with Gasteiger partial charge in [0, 0.05) is 25.2 Å². The number of benzene rings is 2. The van der Waals surface area contributed by atoms with Crippen LogP contribution in [0.1, 0.15) is 35.2 Å². The Labute approximate surface area is 199 Å². The van der Waals surface area contributed by atoms with E-state index in [0.717, 1.165) is 41.6 Å². The molecule has 0 spiro atoms. The van der Waals surface area contributed by atoms with Gasteiger partial charge in [0.15, 0.2) is 5.13 Å². The Kier molecular flexibility index (Phi) is 6.86. The average Bonchev–Trinajstić information content (AvgIpc) is 3.54. The molecule has 0 bridgehead atoms. The summed E-state index contributed by atoms with van der Waals surface area (Å²) < 4.78 is 28.1. The first-order valence-electron chi connectivity index (χ1n) is 11.1. The van der Waals surface area contributed by atoms with Crippen molar-refractivity contribution in [1.29, 1.82) is 0 Å². The number of sulfonamides is 1. The van der Waals surface area contributed by atoms with Crippen molar-refractivity contribution in [2.75, 3.05) is 39.1 Å². The lowest BCUT2D eigenvalue weighted by atomic mass is 10.2. The van der Waals surface area contributed by atoms with Crippen LogP contribution in [-0.2, 0) is 10.0 Å². The molecule has 33 heavy (non-hydrogen) atoms. The Hall–Kier alpha value is -2.33. The smallest absolute Gasteiger partial charge is 0.260 e. The molecule has 0 radical (unpaired) electrons. The molecule has 3 aromatic rings. The molecular formula is C24H30N4O3S2. The van der Waals surface area contributed by atoms with Gasteiger partial charge in [0.2, 0.25) is 10.0 Å². The zero-order valence-electron chi connectivity index (χ0n) is 19.5. The molecule has 0 atom stereocenters. The molecule has 9 heteroatoms. The normalized spacial score (nSPS) is 14.4. The summed E-state index contributed by atoms with van der Waals surface area (Å²) in [5.74, 6) is -0.176. The Balaban J connectivity index is 1.62. The molecule has 2 aromatic carbocycles. The molecule has 1 amide bonds. The van der Waals surface area contributed by atoms with Crippen molar-refractivity contribution in [3.8, 4) is 0 Å². The molecule has 1 aliphatic carbocycles. The van der Waals surface area contributed by atoms with Gasteiger partial charge in [0.25, 0.3) is 5.91 Å². The van der Waals surface area contributed by atoms with Crippen LogP contribution in [0.4, 0.5) is 5.13 Å². The van der Waals surface area contributed by atoms with Crippen molar-refractivity contribution in [2.45, 2.75) is 37.1 Å². The molecule has 1 fully saturated rings. The van der Waals surface area contributed by atoms with Crippen molar-refractivity contribution in [3.05, 3.63) is 53.6 Å². The molecular weight excluding hydrogens is 456 g/mol. The van der Waals surface area contributed by atoms with E-state index >= 15 is 0 Å². The average molecular weight is 487 g/mol. The molecule has 1 saturated carbocycles. The minimum atomic E-state index is -3.54. The van der Waals surface area contributed by atoms with Gasteiger partial charge >= 0.3 is 0 Å². The third-order valence-corrected chi connectivity index (χ3v) is 8.88. The first-order chi connectivity index (χ1) is 15.7. The predicted molar refractivity (Wildman–Crippen MR) is 134 cm³/mol. The van der Waals surface area contributed by atoms with Crippen LogP contribution in [0, 0.1) is 6.92 Å². The van der Waals surface area contributed by atoms with Crippen LogP contribution in [-0.4, -0.2) is 68.8 Å². The Morgan fingerprint density at radius 1 is 1.06 bits per heavy atom. The fraction of sp³-hybridized carbons (Fsp3) is 0.417.